The number of thiazole rings is 1. The Morgan fingerprint density at radius 2 is 1.96 bits per heavy atom. The molecule has 130 valence electrons. The predicted molar refractivity (Wildman–Crippen MR) is 99.0 cm³/mol. The third kappa shape index (κ3) is 5.49. The molecule has 2 aromatic rings. The number of nitrogens with zero attached hydrogens (tertiary/aromatic N) is 1. The van der Waals surface area contributed by atoms with Gasteiger partial charge >= 0.3 is 0 Å². The van der Waals surface area contributed by atoms with Crippen LogP contribution in [0.4, 0.5) is 0 Å². The largest absolute Gasteiger partial charge is 0.490 e. The summed E-state index contributed by atoms with van der Waals surface area (Å²) >= 11 is 5.10. The van der Waals surface area contributed by atoms with Gasteiger partial charge < -0.3 is 14.8 Å². The van der Waals surface area contributed by atoms with E-state index in [0.717, 1.165) is 21.5 Å². The molecule has 1 aromatic heterocycles. The van der Waals surface area contributed by atoms with Crippen molar-refractivity contribution in [3.63, 3.8) is 0 Å². The van der Waals surface area contributed by atoms with Crippen molar-refractivity contribution in [2.24, 2.45) is 0 Å². The quantitative estimate of drug-likeness (QED) is 0.683. The van der Waals surface area contributed by atoms with Crippen LogP contribution in [0.15, 0.2) is 28.2 Å². The standard InChI is InChI=1S/C17H21BrN2O3S/c1-3-22-14-9-12(13(18)11-15(14)23-4-2)10-16(21)19-6-5-17-20-7-8-24-17/h7-9,11H,3-6,10H2,1-2H3,(H,19,21). The van der Waals surface area contributed by atoms with Gasteiger partial charge in [0.15, 0.2) is 11.5 Å². The van der Waals surface area contributed by atoms with E-state index in [4.69, 9.17) is 9.47 Å². The fourth-order valence-corrected chi connectivity index (χ4v) is 3.25. The molecule has 0 fully saturated rings. The van der Waals surface area contributed by atoms with Gasteiger partial charge in [0, 0.05) is 29.0 Å². The molecule has 1 aromatic carbocycles. The van der Waals surface area contributed by atoms with Crippen molar-refractivity contribution >= 4 is 33.2 Å². The van der Waals surface area contributed by atoms with E-state index in [1.165, 1.54) is 0 Å². The van der Waals surface area contributed by atoms with Crippen molar-refractivity contribution in [1.82, 2.24) is 10.3 Å². The van der Waals surface area contributed by atoms with Gasteiger partial charge in [0.25, 0.3) is 0 Å². The minimum Gasteiger partial charge on any atom is -0.490 e. The van der Waals surface area contributed by atoms with E-state index in [0.29, 0.717) is 31.3 Å². The molecule has 0 aliphatic carbocycles. The van der Waals surface area contributed by atoms with E-state index in [1.54, 1.807) is 17.5 Å². The van der Waals surface area contributed by atoms with E-state index in [2.05, 4.69) is 26.2 Å². The summed E-state index contributed by atoms with van der Waals surface area (Å²) in [5, 5.41) is 5.88. The fourth-order valence-electron chi connectivity index (χ4n) is 2.17. The van der Waals surface area contributed by atoms with Crippen LogP contribution in [0, 0.1) is 0 Å². The summed E-state index contributed by atoms with van der Waals surface area (Å²) in [5.74, 6) is 1.31. The zero-order valence-corrected chi connectivity index (χ0v) is 16.2. The first-order valence-electron chi connectivity index (χ1n) is 7.87. The smallest absolute Gasteiger partial charge is 0.224 e. The Morgan fingerprint density at radius 3 is 2.58 bits per heavy atom. The Kier molecular flexibility index (Phi) is 7.52. The molecular weight excluding hydrogens is 392 g/mol. The molecule has 5 nitrogen and oxygen atoms in total. The normalized spacial score (nSPS) is 10.5. The predicted octanol–water partition coefficient (Wildman–Crippen LogP) is 3.60. The van der Waals surface area contributed by atoms with E-state index in [9.17, 15) is 4.79 Å². The van der Waals surface area contributed by atoms with Gasteiger partial charge in [-0.3, -0.25) is 4.79 Å². The van der Waals surface area contributed by atoms with Gasteiger partial charge in [-0.15, -0.1) is 11.3 Å². The topological polar surface area (TPSA) is 60.5 Å². The van der Waals surface area contributed by atoms with Gasteiger partial charge in [0.2, 0.25) is 5.91 Å². The zero-order valence-electron chi connectivity index (χ0n) is 13.8. The minimum absolute atomic E-state index is 0.0288. The van der Waals surface area contributed by atoms with Gasteiger partial charge in [-0.2, -0.15) is 0 Å². The van der Waals surface area contributed by atoms with Crippen molar-refractivity contribution in [2.75, 3.05) is 19.8 Å². The lowest BCUT2D eigenvalue weighted by molar-refractivity contribution is -0.120. The van der Waals surface area contributed by atoms with Gasteiger partial charge in [0.1, 0.15) is 0 Å². The van der Waals surface area contributed by atoms with Crippen molar-refractivity contribution in [3.8, 4) is 11.5 Å². The number of nitrogens with one attached hydrogen (secondary N) is 1. The number of halogens is 1. The van der Waals surface area contributed by atoms with Crippen molar-refractivity contribution in [1.29, 1.82) is 0 Å². The highest BCUT2D eigenvalue weighted by molar-refractivity contribution is 9.10. The first-order chi connectivity index (χ1) is 11.6. The van der Waals surface area contributed by atoms with Crippen molar-refractivity contribution in [2.45, 2.75) is 26.7 Å². The van der Waals surface area contributed by atoms with Crippen LogP contribution in [0.25, 0.3) is 0 Å². The first-order valence-corrected chi connectivity index (χ1v) is 9.54. The SMILES string of the molecule is CCOc1cc(Br)c(CC(=O)NCCc2nccs2)cc1OCC. The molecule has 0 spiro atoms. The van der Waals surface area contributed by atoms with Gasteiger partial charge in [-0.1, -0.05) is 15.9 Å². The third-order valence-corrected chi connectivity index (χ3v) is 4.79. The second-order valence-electron chi connectivity index (χ2n) is 4.96. The Hall–Kier alpha value is -1.60. The van der Waals surface area contributed by atoms with E-state index in [-0.39, 0.29) is 12.3 Å². The molecular formula is C17H21BrN2O3S. The lowest BCUT2D eigenvalue weighted by Crippen LogP contribution is -2.27. The molecule has 0 unspecified atom stereocenters. The summed E-state index contributed by atoms with van der Waals surface area (Å²) < 4.78 is 12.0. The monoisotopic (exact) mass is 412 g/mol. The lowest BCUT2D eigenvalue weighted by Gasteiger charge is -2.14. The third-order valence-electron chi connectivity index (χ3n) is 3.21. The van der Waals surface area contributed by atoms with Crippen LogP contribution in [0.3, 0.4) is 0 Å². The Labute approximate surface area is 154 Å². The van der Waals surface area contributed by atoms with E-state index in [1.807, 2.05) is 31.4 Å². The number of hydrogen-bond donors (Lipinski definition) is 1. The van der Waals surface area contributed by atoms with Crippen LogP contribution < -0.4 is 14.8 Å². The lowest BCUT2D eigenvalue weighted by atomic mass is 10.1. The number of benzene rings is 1. The van der Waals surface area contributed by atoms with Crippen LogP contribution in [0.2, 0.25) is 0 Å². The summed E-state index contributed by atoms with van der Waals surface area (Å²) in [5.41, 5.74) is 0.869. The number of hydrogen-bond acceptors (Lipinski definition) is 5. The van der Waals surface area contributed by atoms with Crippen LogP contribution in [-0.4, -0.2) is 30.6 Å². The number of carbonyl (C=O) groups excluding carboxylic acids is 1. The second-order valence-corrected chi connectivity index (χ2v) is 6.79. The number of rotatable bonds is 9. The summed E-state index contributed by atoms with van der Waals surface area (Å²) in [7, 11) is 0. The van der Waals surface area contributed by atoms with Crippen LogP contribution in [0.5, 0.6) is 11.5 Å². The molecule has 2 rings (SSSR count). The average Bonchev–Trinajstić information content (AvgIpc) is 3.05. The molecule has 0 saturated heterocycles. The maximum absolute atomic E-state index is 12.2. The Bertz CT molecular complexity index is 662. The maximum Gasteiger partial charge on any atom is 0.224 e. The van der Waals surface area contributed by atoms with E-state index < -0.39 is 0 Å². The highest BCUT2D eigenvalue weighted by Crippen LogP contribution is 2.34. The summed E-state index contributed by atoms with van der Waals surface area (Å²) in [6, 6.07) is 3.71. The molecule has 1 heterocycles. The fraction of sp³-hybridized carbons (Fsp3) is 0.412. The first kappa shape index (κ1) is 18.7. The minimum atomic E-state index is -0.0288. The van der Waals surface area contributed by atoms with Crippen molar-refractivity contribution < 1.29 is 14.3 Å². The number of amides is 1. The number of aromatic nitrogens is 1. The summed E-state index contributed by atoms with van der Waals surface area (Å²) in [6.07, 6.45) is 2.80. The zero-order chi connectivity index (χ0) is 17.4. The molecule has 0 bridgehead atoms. The molecule has 7 heteroatoms. The second kappa shape index (κ2) is 9.64. The van der Waals surface area contributed by atoms with Crippen molar-refractivity contribution in [3.05, 3.63) is 38.8 Å². The van der Waals surface area contributed by atoms with Gasteiger partial charge in [0.05, 0.1) is 24.6 Å². The molecule has 0 aliphatic heterocycles. The van der Waals surface area contributed by atoms with Crippen LogP contribution in [-0.2, 0) is 17.6 Å². The van der Waals surface area contributed by atoms with Gasteiger partial charge in [-0.25, -0.2) is 4.98 Å². The molecule has 1 amide bonds. The molecule has 0 aliphatic rings. The highest BCUT2D eigenvalue weighted by Gasteiger charge is 2.13. The molecule has 0 atom stereocenters. The van der Waals surface area contributed by atoms with E-state index >= 15 is 0 Å². The molecule has 0 saturated carbocycles. The van der Waals surface area contributed by atoms with Crippen LogP contribution >= 0.6 is 27.3 Å². The van der Waals surface area contributed by atoms with Gasteiger partial charge in [-0.05, 0) is 31.5 Å². The average molecular weight is 413 g/mol. The summed E-state index contributed by atoms with van der Waals surface area (Å²) in [4.78, 5) is 16.4. The molecule has 24 heavy (non-hydrogen) atoms. The number of ether oxygens (including phenoxy) is 2. The summed E-state index contributed by atoms with van der Waals surface area (Å²) in [6.45, 7) is 5.53. The molecule has 1 N–H and O–H groups in total. The van der Waals surface area contributed by atoms with Crippen LogP contribution in [0.1, 0.15) is 24.4 Å². The molecule has 0 radical (unpaired) electrons. The maximum atomic E-state index is 12.2. The highest BCUT2D eigenvalue weighted by atomic mass is 79.9. The number of carbonyl (C=O) groups is 1. The Morgan fingerprint density at radius 1 is 1.25 bits per heavy atom. The Balaban J connectivity index is 1.97.